The molecule has 2 rings (SSSR count). The molecule has 0 aromatic heterocycles. The number of rotatable bonds is 8. The fraction of sp³-hybridized carbons (Fsp3) is 0.522. The molecular weight excluding hydrogens is 290 g/mol. The third-order valence-electron chi connectivity index (χ3n) is 5.40. The SMILES string of the molecule is CCc1ccc(CCC2CCC(CC/C=C/C=C/C#N)CC2)cc1. The van der Waals surface area contributed by atoms with Crippen molar-refractivity contribution < 1.29 is 0 Å². The smallest absolute Gasteiger partial charge is 0.0912 e. The highest BCUT2D eigenvalue weighted by atomic mass is 14.3. The highest BCUT2D eigenvalue weighted by molar-refractivity contribution is 5.22. The molecule has 0 radical (unpaired) electrons. The Bertz CT molecular complexity index is 551. The maximum atomic E-state index is 8.42. The lowest BCUT2D eigenvalue weighted by atomic mass is 9.78. The highest BCUT2D eigenvalue weighted by Gasteiger charge is 2.20. The van der Waals surface area contributed by atoms with Gasteiger partial charge in [-0.25, -0.2) is 0 Å². The van der Waals surface area contributed by atoms with Crippen molar-refractivity contribution >= 4 is 0 Å². The molecule has 1 aliphatic rings. The van der Waals surface area contributed by atoms with Crippen LogP contribution in [0.3, 0.4) is 0 Å². The molecule has 0 aliphatic heterocycles. The van der Waals surface area contributed by atoms with E-state index in [0.29, 0.717) is 0 Å². The second-order valence-electron chi connectivity index (χ2n) is 7.09. The van der Waals surface area contributed by atoms with Gasteiger partial charge in [-0.2, -0.15) is 5.26 Å². The van der Waals surface area contributed by atoms with E-state index in [1.807, 2.05) is 18.2 Å². The average Bonchev–Trinajstić information content (AvgIpc) is 2.64. The van der Waals surface area contributed by atoms with Gasteiger partial charge in [-0.3, -0.25) is 0 Å². The van der Waals surface area contributed by atoms with Gasteiger partial charge in [0.1, 0.15) is 0 Å². The zero-order chi connectivity index (χ0) is 17.0. The Balaban J connectivity index is 1.61. The molecule has 0 amide bonds. The molecule has 1 aromatic rings. The zero-order valence-electron chi connectivity index (χ0n) is 15.1. The van der Waals surface area contributed by atoms with Crippen LogP contribution in [0.15, 0.2) is 48.6 Å². The van der Waals surface area contributed by atoms with Gasteiger partial charge in [0.25, 0.3) is 0 Å². The van der Waals surface area contributed by atoms with Gasteiger partial charge in [-0.05, 0) is 55.1 Å². The van der Waals surface area contributed by atoms with Crippen molar-refractivity contribution in [1.82, 2.24) is 0 Å². The first-order valence-corrected chi connectivity index (χ1v) is 9.61. The van der Waals surface area contributed by atoms with Gasteiger partial charge >= 0.3 is 0 Å². The maximum absolute atomic E-state index is 8.42. The van der Waals surface area contributed by atoms with Crippen LogP contribution in [0.5, 0.6) is 0 Å². The van der Waals surface area contributed by atoms with E-state index in [-0.39, 0.29) is 0 Å². The Morgan fingerprint density at radius 2 is 1.58 bits per heavy atom. The molecule has 0 bridgehead atoms. The Hall–Kier alpha value is -1.81. The Kier molecular flexibility index (Phi) is 8.39. The van der Waals surface area contributed by atoms with Crippen LogP contribution in [0.4, 0.5) is 0 Å². The first kappa shape index (κ1) is 18.5. The van der Waals surface area contributed by atoms with E-state index in [1.54, 1.807) is 0 Å². The summed E-state index contributed by atoms with van der Waals surface area (Å²) in [5.74, 6) is 1.84. The number of nitriles is 1. The molecule has 0 N–H and O–H groups in total. The van der Waals surface area contributed by atoms with Gasteiger partial charge in [-0.1, -0.05) is 75.1 Å². The predicted molar refractivity (Wildman–Crippen MR) is 103 cm³/mol. The summed E-state index contributed by atoms with van der Waals surface area (Å²) in [6, 6.07) is 11.2. The van der Waals surface area contributed by atoms with Crippen LogP contribution in [0, 0.1) is 23.2 Å². The molecule has 1 fully saturated rings. The third-order valence-corrected chi connectivity index (χ3v) is 5.40. The van der Waals surface area contributed by atoms with E-state index in [9.17, 15) is 0 Å². The minimum absolute atomic E-state index is 0.912. The Morgan fingerprint density at radius 1 is 0.958 bits per heavy atom. The van der Waals surface area contributed by atoms with Gasteiger partial charge in [0.15, 0.2) is 0 Å². The molecule has 0 spiro atoms. The number of hydrogen-bond acceptors (Lipinski definition) is 1. The summed E-state index contributed by atoms with van der Waals surface area (Å²) >= 11 is 0. The van der Waals surface area contributed by atoms with Crippen molar-refractivity contribution in [2.24, 2.45) is 11.8 Å². The molecule has 0 unspecified atom stereocenters. The third kappa shape index (κ3) is 6.75. The Labute approximate surface area is 148 Å². The van der Waals surface area contributed by atoms with Crippen molar-refractivity contribution in [3.8, 4) is 6.07 Å². The molecule has 0 saturated heterocycles. The monoisotopic (exact) mass is 321 g/mol. The number of hydrogen-bond donors (Lipinski definition) is 0. The lowest BCUT2D eigenvalue weighted by Gasteiger charge is -2.28. The van der Waals surface area contributed by atoms with Gasteiger partial charge in [0.05, 0.1) is 6.07 Å². The molecule has 128 valence electrons. The van der Waals surface area contributed by atoms with Crippen LogP contribution >= 0.6 is 0 Å². The fourth-order valence-electron chi connectivity index (χ4n) is 3.73. The first-order chi connectivity index (χ1) is 11.8. The summed E-state index contributed by atoms with van der Waals surface area (Å²) in [5, 5.41) is 8.42. The number of aryl methyl sites for hydroxylation is 2. The van der Waals surface area contributed by atoms with Crippen molar-refractivity contribution in [2.45, 2.75) is 64.7 Å². The lowest BCUT2D eigenvalue weighted by molar-refractivity contribution is 0.254. The average molecular weight is 322 g/mol. The van der Waals surface area contributed by atoms with Gasteiger partial charge < -0.3 is 0 Å². The standard InChI is InChI=1S/C23H31N/c1-2-20-9-11-22(12-10-20)17-18-23-15-13-21(14-16-23)8-6-4-3-5-7-19-24/h3-5,7,9-12,21,23H,2,6,8,13-18H2,1H3/b4-3+,7-5+. The first-order valence-electron chi connectivity index (χ1n) is 9.61. The molecule has 1 aliphatic carbocycles. The highest BCUT2D eigenvalue weighted by Crippen LogP contribution is 2.34. The van der Waals surface area contributed by atoms with Crippen molar-refractivity contribution in [3.63, 3.8) is 0 Å². The molecule has 1 nitrogen and oxygen atoms in total. The van der Waals surface area contributed by atoms with Crippen molar-refractivity contribution in [1.29, 1.82) is 5.26 Å². The van der Waals surface area contributed by atoms with Crippen LogP contribution in [0.2, 0.25) is 0 Å². The second kappa shape index (κ2) is 10.9. The van der Waals surface area contributed by atoms with Crippen LogP contribution in [0.25, 0.3) is 0 Å². The molecular formula is C23H31N. The maximum Gasteiger partial charge on any atom is 0.0912 e. The lowest BCUT2D eigenvalue weighted by Crippen LogP contribution is -2.15. The molecule has 1 aromatic carbocycles. The van der Waals surface area contributed by atoms with E-state index < -0.39 is 0 Å². The van der Waals surface area contributed by atoms with Gasteiger partial charge in [0, 0.05) is 6.08 Å². The molecule has 0 heterocycles. The largest absolute Gasteiger partial charge is 0.193 e. The normalized spacial score (nSPS) is 21.3. The fourth-order valence-corrected chi connectivity index (χ4v) is 3.73. The van der Waals surface area contributed by atoms with E-state index in [4.69, 9.17) is 5.26 Å². The topological polar surface area (TPSA) is 23.8 Å². The van der Waals surface area contributed by atoms with Crippen LogP contribution in [0.1, 0.15) is 63.0 Å². The van der Waals surface area contributed by atoms with E-state index in [2.05, 4.69) is 37.3 Å². The summed E-state index contributed by atoms with van der Waals surface area (Å²) in [4.78, 5) is 0. The molecule has 1 heteroatoms. The number of nitrogens with zero attached hydrogens (tertiary/aromatic N) is 1. The molecule has 24 heavy (non-hydrogen) atoms. The molecule has 1 saturated carbocycles. The predicted octanol–water partition coefficient (Wildman–Crippen LogP) is 6.40. The second-order valence-corrected chi connectivity index (χ2v) is 7.09. The summed E-state index contributed by atoms with van der Waals surface area (Å²) in [5.41, 5.74) is 2.95. The number of allylic oxidation sites excluding steroid dienone is 4. The van der Waals surface area contributed by atoms with E-state index >= 15 is 0 Å². The Morgan fingerprint density at radius 3 is 2.21 bits per heavy atom. The minimum atomic E-state index is 0.912. The van der Waals surface area contributed by atoms with Crippen LogP contribution < -0.4 is 0 Å². The zero-order valence-corrected chi connectivity index (χ0v) is 15.1. The summed E-state index contributed by atoms with van der Waals surface area (Å²) in [7, 11) is 0. The summed E-state index contributed by atoms with van der Waals surface area (Å²) in [6.07, 6.45) is 19.4. The minimum Gasteiger partial charge on any atom is -0.193 e. The summed E-state index contributed by atoms with van der Waals surface area (Å²) in [6.45, 7) is 2.21. The van der Waals surface area contributed by atoms with E-state index in [0.717, 1.165) is 24.7 Å². The number of benzene rings is 1. The quantitative estimate of drug-likeness (QED) is 0.401. The van der Waals surface area contributed by atoms with Gasteiger partial charge in [0.2, 0.25) is 0 Å². The van der Waals surface area contributed by atoms with E-state index in [1.165, 1.54) is 62.1 Å². The van der Waals surface area contributed by atoms with Crippen molar-refractivity contribution in [3.05, 3.63) is 59.7 Å². The molecule has 0 atom stereocenters. The van der Waals surface area contributed by atoms with Crippen LogP contribution in [-0.2, 0) is 12.8 Å². The van der Waals surface area contributed by atoms with Crippen molar-refractivity contribution in [2.75, 3.05) is 0 Å². The van der Waals surface area contributed by atoms with Gasteiger partial charge in [-0.15, -0.1) is 0 Å². The summed E-state index contributed by atoms with van der Waals surface area (Å²) < 4.78 is 0. The van der Waals surface area contributed by atoms with Crippen LogP contribution in [-0.4, -0.2) is 0 Å².